The average Bonchev–Trinajstić information content (AvgIpc) is 2.82. The van der Waals surface area contributed by atoms with Gasteiger partial charge >= 0.3 is 0 Å². The molecule has 1 heterocycles. The van der Waals surface area contributed by atoms with Gasteiger partial charge in [-0.15, -0.1) is 0 Å². The van der Waals surface area contributed by atoms with Crippen molar-refractivity contribution < 1.29 is 4.74 Å². The quantitative estimate of drug-likeness (QED) is 0.678. The predicted octanol–water partition coefficient (Wildman–Crippen LogP) is 3.42. The molecule has 1 nitrogen and oxygen atoms in total. The molecule has 0 radical (unpaired) electrons. The molecule has 80 valence electrons. The van der Waals surface area contributed by atoms with Crippen molar-refractivity contribution in [2.24, 2.45) is 0 Å². The van der Waals surface area contributed by atoms with Gasteiger partial charge in [0, 0.05) is 6.61 Å². The number of ether oxygens (including phenoxy) is 1. The van der Waals surface area contributed by atoms with Crippen LogP contribution in [0, 0.1) is 0 Å². The second-order valence-corrected chi connectivity index (χ2v) is 4.69. The van der Waals surface area contributed by atoms with E-state index in [9.17, 15) is 0 Å². The lowest BCUT2D eigenvalue weighted by Gasteiger charge is -2.22. The molecule has 0 aromatic heterocycles. The van der Waals surface area contributed by atoms with Gasteiger partial charge in [0.15, 0.2) is 0 Å². The van der Waals surface area contributed by atoms with E-state index < -0.39 is 0 Å². The fraction of sp³-hybridized carbons (Fsp3) is 0.571. The summed E-state index contributed by atoms with van der Waals surface area (Å²) in [6.45, 7) is 0.953. The molecule has 1 fully saturated rings. The van der Waals surface area contributed by atoms with E-state index in [0.29, 0.717) is 6.10 Å². The third-order valence-corrected chi connectivity index (χ3v) is 3.71. The van der Waals surface area contributed by atoms with E-state index in [-0.39, 0.29) is 0 Å². The van der Waals surface area contributed by atoms with Gasteiger partial charge in [0.05, 0.1) is 6.10 Å². The van der Waals surface area contributed by atoms with Crippen LogP contribution in [0.15, 0.2) is 18.2 Å². The lowest BCUT2D eigenvalue weighted by molar-refractivity contribution is 0.111. The molecular weight excluding hydrogens is 184 g/mol. The molecule has 1 unspecified atom stereocenters. The van der Waals surface area contributed by atoms with E-state index in [0.717, 1.165) is 6.61 Å². The summed E-state index contributed by atoms with van der Waals surface area (Å²) >= 11 is 0. The first-order valence-electron chi connectivity index (χ1n) is 6.17. The SMILES string of the molecule is c1cc2c(c(C3CCCO3)c1)CCCC2. The van der Waals surface area contributed by atoms with Crippen LogP contribution in [0.4, 0.5) is 0 Å². The minimum Gasteiger partial charge on any atom is -0.374 e. The topological polar surface area (TPSA) is 9.23 Å². The van der Waals surface area contributed by atoms with Gasteiger partial charge in [-0.05, 0) is 55.2 Å². The van der Waals surface area contributed by atoms with E-state index >= 15 is 0 Å². The van der Waals surface area contributed by atoms with Crippen molar-refractivity contribution in [2.75, 3.05) is 6.61 Å². The third kappa shape index (κ3) is 1.69. The average molecular weight is 202 g/mol. The molecule has 3 rings (SSSR count). The van der Waals surface area contributed by atoms with Gasteiger partial charge in [-0.3, -0.25) is 0 Å². The summed E-state index contributed by atoms with van der Waals surface area (Å²) in [7, 11) is 0. The lowest BCUT2D eigenvalue weighted by atomic mass is 9.86. The third-order valence-electron chi connectivity index (χ3n) is 3.71. The van der Waals surface area contributed by atoms with Crippen LogP contribution < -0.4 is 0 Å². The summed E-state index contributed by atoms with van der Waals surface area (Å²) in [6.07, 6.45) is 8.11. The number of benzene rings is 1. The monoisotopic (exact) mass is 202 g/mol. The molecule has 2 aliphatic rings. The first-order valence-corrected chi connectivity index (χ1v) is 6.17. The number of aryl methyl sites for hydroxylation is 1. The Hall–Kier alpha value is -0.820. The molecular formula is C14H18O. The molecule has 0 spiro atoms. The standard InChI is InChI=1S/C14H18O/c1-2-7-12-11(5-1)6-3-8-13(12)14-9-4-10-15-14/h3,6,8,14H,1-2,4-5,7,9-10H2. The van der Waals surface area contributed by atoms with Gasteiger partial charge < -0.3 is 4.74 Å². The maximum absolute atomic E-state index is 5.81. The van der Waals surface area contributed by atoms with Crippen molar-refractivity contribution in [1.29, 1.82) is 0 Å². The van der Waals surface area contributed by atoms with Crippen LogP contribution in [0.2, 0.25) is 0 Å². The van der Waals surface area contributed by atoms with Crippen LogP contribution in [0.3, 0.4) is 0 Å². The van der Waals surface area contributed by atoms with Crippen LogP contribution in [0.5, 0.6) is 0 Å². The molecule has 0 amide bonds. The number of hydrogen-bond acceptors (Lipinski definition) is 1. The Morgan fingerprint density at radius 2 is 2.00 bits per heavy atom. The van der Waals surface area contributed by atoms with Crippen LogP contribution in [0.25, 0.3) is 0 Å². The van der Waals surface area contributed by atoms with Crippen molar-refractivity contribution in [2.45, 2.75) is 44.6 Å². The van der Waals surface area contributed by atoms with Crippen LogP contribution in [-0.4, -0.2) is 6.61 Å². The predicted molar refractivity (Wildman–Crippen MR) is 61.0 cm³/mol. The Kier molecular flexibility index (Phi) is 2.49. The molecule has 1 heteroatoms. The Morgan fingerprint density at radius 1 is 1.07 bits per heavy atom. The summed E-state index contributed by atoms with van der Waals surface area (Å²) in [4.78, 5) is 0. The van der Waals surface area contributed by atoms with Crippen LogP contribution in [-0.2, 0) is 17.6 Å². The maximum atomic E-state index is 5.81. The summed E-state index contributed by atoms with van der Waals surface area (Å²) in [6, 6.07) is 6.79. The second kappa shape index (κ2) is 3.97. The number of rotatable bonds is 1. The lowest BCUT2D eigenvalue weighted by Crippen LogP contribution is -2.09. The van der Waals surface area contributed by atoms with Gasteiger partial charge in [0.2, 0.25) is 0 Å². The number of hydrogen-bond donors (Lipinski definition) is 0. The van der Waals surface area contributed by atoms with Crippen molar-refractivity contribution in [3.8, 4) is 0 Å². The number of fused-ring (bicyclic) bond motifs is 1. The van der Waals surface area contributed by atoms with Crippen molar-refractivity contribution in [3.63, 3.8) is 0 Å². The molecule has 1 aliphatic heterocycles. The van der Waals surface area contributed by atoms with Crippen LogP contribution >= 0.6 is 0 Å². The first kappa shape index (κ1) is 9.41. The summed E-state index contributed by atoms with van der Waals surface area (Å²) in [5, 5.41) is 0. The van der Waals surface area contributed by atoms with Gasteiger partial charge in [-0.1, -0.05) is 18.2 Å². The summed E-state index contributed by atoms with van der Waals surface area (Å²) in [5.74, 6) is 0. The zero-order chi connectivity index (χ0) is 10.1. The second-order valence-electron chi connectivity index (χ2n) is 4.69. The normalized spacial score (nSPS) is 25.2. The molecule has 1 atom stereocenters. The minimum atomic E-state index is 0.401. The highest BCUT2D eigenvalue weighted by atomic mass is 16.5. The molecule has 0 saturated carbocycles. The van der Waals surface area contributed by atoms with Crippen molar-refractivity contribution >= 4 is 0 Å². The zero-order valence-corrected chi connectivity index (χ0v) is 9.17. The fourth-order valence-corrected chi connectivity index (χ4v) is 2.94. The molecule has 0 bridgehead atoms. The van der Waals surface area contributed by atoms with Crippen molar-refractivity contribution in [3.05, 3.63) is 34.9 Å². The Labute approximate surface area is 91.5 Å². The van der Waals surface area contributed by atoms with E-state index in [4.69, 9.17) is 4.74 Å². The van der Waals surface area contributed by atoms with E-state index in [2.05, 4.69) is 18.2 Å². The highest BCUT2D eigenvalue weighted by Crippen LogP contribution is 2.34. The van der Waals surface area contributed by atoms with Gasteiger partial charge in [-0.25, -0.2) is 0 Å². The first-order chi connectivity index (χ1) is 7.45. The summed E-state index contributed by atoms with van der Waals surface area (Å²) < 4.78 is 5.81. The molecule has 1 aromatic carbocycles. The van der Waals surface area contributed by atoms with Crippen molar-refractivity contribution in [1.82, 2.24) is 0 Å². The van der Waals surface area contributed by atoms with Gasteiger partial charge in [0.1, 0.15) is 0 Å². The Bertz CT molecular complexity index is 350. The highest BCUT2D eigenvalue weighted by Gasteiger charge is 2.22. The summed E-state index contributed by atoms with van der Waals surface area (Å²) in [5.41, 5.74) is 4.68. The van der Waals surface area contributed by atoms with Gasteiger partial charge in [0.25, 0.3) is 0 Å². The highest BCUT2D eigenvalue weighted by molar-refractivity contribution is 5.38. The van der Waals surface area contributed by atoms with E-state index in [1.165, 1.54) is 44.1 Å². The minimum absolute atomic E-state index is 0.401. The molecule has 1 aliphatic carbocycles. The smallest absolute Gasteiger partial charge is 0.0828 e. The van der Waals surface area contributed by atoms with E-state index in [1.54, 1.807) is 11.1 Å². The molecule has 0 N–H and O–H groups in total. The molecule has 15 heavy (non-hydrogen) atoms. The fourth-order valence-electron chi connectivity index (χ4n) is 2.94. The van der Waals surface area contributed by atoms with Gasteiger partial charge in [-0.2, -0.15) is 0 Å². The Morgan fingerprint density at radius 3 is 2.87 bits per heavy atom. The zero-order valence-electron chi connectivity index (χ0n) is 9.17. The molecule has 1 aromatic rings. The van der Waals surface area contributed by atoms with E-state index in [1.807, 2.05) is 0 Å². The maximum Gasteiger partial charge on any atom is 0.0828 e. The Balaban J connectivity index is 1.99. The largest absolute Gasteiger partial charge is 0.374 e. The molecule has 1 saturated heterocycles. The van der Waals surface area contributed by atoms with Crippen LogP contribution in [0.1, 0.15) is 48.5 Å².